The van der Waals surface area contributed by atoms with Gasteiger partial charge in [0, 0.05) is 6.20 Å². The summed E-state index contributed by atoms with van der Waals surface area (Å²) in [6.45, 7) is 0. The Morgan fingerprint density at radius 1 is 1.12 bits per heavy atom. The first-order chi connectivity index (χ1) is 8.29. The number of nitriles is 1. The fourth-order valence-electron chi connectivity index (χ4n) is 1.67. The summed E-state index contributed by atoms with van der Waals surface area (Å²) >= 11 is 0. The second-order valence-electron chi connectivity index (χ2n) is 3.75. The van der Waals surface area contributed by atoms with Crippen LogP contribution >= 0.6 is 0 Å². The van der Waals surface area contributed by atoms with Crippen molar-refractivity contribution in [2.45, 2.75) is 12.8 Å². The molecule has 84 valence electrons. The van der Waals surface area contributed by atoms with Crippen LogP contribution in [0.5, 0.6) is 0 Å². The molecular weight excluding hydrogens is 215 g/mol. The molecule has 0 atom stereocenters. The van der Waals surface area contributed by atoms with Crippen LogP contribution in [0.1, 0.15) is 16.8 Å². The Bertz CT molecular complexity index is 541. The molecule has 3 heteroatoms. The first-order valence-electron chi connectivity index (χ1n) is 5.38. The molecule has 1 heterocycles. The van der Waals surface area contributed by atoms with Crippen molar-refractivity contribution in [3.05, 3.63) is 65.2 Å². The number of nitrogens with zero attached hydrogens (tertiary/aromatic N) is 2. The molecule has 0 radical (unpaired) electrons. The summed E-state index contributed by atoms with van der Waals surface area (Å²) in [6, 6.07) is 12.2. The van der Waals surface area contributed by atoms with Crippen LogP contribution in [0.2, 0.25) is 0 Å². The van der Waals surface area contributed by atoms with Gasteiger partial charge in [-0.3, -0.25) is 0 Å². The average molecular weight is 226 g/mol. The van der Waals surface area contributed by atoms with Crippen molar-refractivity contribution in [1.82, 2.24) is 4.98 Å². The number of rotatable bonds is 3. The Morgan fingerprint density at radius 3 is 2.59 bits per heavy atom. The second-order valence-corrected chi connectivity index (χ2v) is 3.75. The number of hydrogen-bond donors (Lipinski definition) is 0. The van der Waals surface area contributed by atoms with Crippen molar-refractivity contribution >= 4 is 0 Å². The zero-order valence-corrected chi connectivity index (χ0v) is 9.23. The molecule has 0 aliphatic rings. The Balaban J connectivity index is 2.08. The lowest BCUT2D eigenvalue weighted by molar-refractivity contribution is 0.627. The van der Waals surface area contributed by atoms with Crippen molar-refractivity contribution in [2.24, 2.45) is 0 Å². The van der Waals surface area contributed by atoms with Gasteiger partial charge in [0.05, 0.1) is 0 Å². The van der Waals surface area contributed by atoms with Gasteiger partial charge in [0.25, 0.3) is 0 Å². The molecule has 0 fully saturated rings. The number of hydrogen-bond acceptors (Lipinski definition) is 2. The van der Waals surface area contributed by atoms with Gasteiger partial charge in [-0.05, 0) is 42.2 Å². The predicted octanol–water partition coefficient (Wildman–Crippen LogP) is 2.88. The minimum atomic E-state index is -0.229. The topological polar surface area (TPSA) is 36.7 Å². The fourth-order valence-corrected chi connectivity index (χ4v) is 1.67. The maximum atomic E-state index is 12.7. The third-order valence-electron chi connectivity index (χ3n) is 2.59. The molecule has 2 nitrogen and oxygen atoms in total. The minimum Gasteiger partial charge on any atom is -0.245 e. The highest BCUT2D eigenvalue weighted by atomic mass is 19.1. The summed E-state index contributed by atoms with van der Waals surface area (Å²) in [5, 5.41) is 8.89. The summed E-state index contributed by atoms with van der Waals surface area (Å²) in [5.74, 6) is -0.229. The minimum absolute atomic E-state index is 0.229. The van der Waals surface area contributed by atoms with Crippen molar-refractivity contribution < 1.29 is 4.39 Å². The van der Waals surface area contributed by atoms with E-state index in [1.165, 1.54) is 12.1 Å². The van der Waals surface area contributed by atoms with Crippen LogP contribution in [0, 0.1) is 17.1 Å². The highest BCUT2D eigenvalue weighted by Crippen LogP contribution is 2.10. The molecule has 0 aliphatic carbocycles. The first kappa shape index (κ1) is 11.3. The van der Waals surface area contributed by atoms with E-state index in [0.717, 1.165) is 24.0 Å². The maximum absolute atomic E-state index is 12.7. The van der Waals surface area contributed by atoms with Crippen molar-refractivity contribution in [3.8, 4) is 6.07 Å². The smallest absolute Gasteiger partial charge is 0.143 e. The molecule has 0 N–H and O–H groups in total. The molecule has 0 saturated carbocycles. The van der Waals surface area contributed by atoms with Crippen LogP contribution in [0.15, 0.2) is 42.6 Å². The maximum Gasteiger partial charge on any atom is 0.143 e. The normalized spacial score (nSPS) is 9.88. The van der Waals surface area contributed by atoms with Crippen LogP contribution in [0.4, 0.5) is 4.39 Å². The highest BCUT2D eigenvalue weighted by molar-refractivity contribution is 5.31. The van der Waals surface area contributed by atoms with Crippen molar-refractivity contribution in [2.75, 3.05) is 0 Å². The molecule has 17 heavy (non-hydrogen) atoms. The first-order valence-corrected chi connectivity index (χ1v) is 5.38. The van der Waals surface area contributed by atoms with Gasteiger partial charge >= 0.3 is 0 Å². The highest BCUT2D eigenvalue weighted by Gasteiger charge is 2.02. The Hall–Kier alpha value is -2.21. The van der Waals surface area contributed by atoms with Gasteiger partial charge < -0.3 is 0 Å². The quantitative estimate of drug-likeness (QED) is 0.806. The lowest BCUT2D eigenvalue weighted by Gasteiger charge is -2.03. The largest absolute Gasteiger partial charge is 0.245 e. The molecule has 0 aliphatic heterocycles. The van der Waals surface area contributed by atoms with Gasteiger partial charge in [0.2, 0.25) is 0 Å². The summed E-state index contributed by atoms with van der Waals surface area (Å²) in [6.07, 6.45) is 3.13. The van der Waals surface area contributed by atoms with Gasteiger partial charge in [-0.2, -0.15) is 5.26 Å². The van der Waals surface area contributed by atoms with Crippen LogP contribution < -0.4 is 0 Å². The van der Waals surface area contributed by atoms with E-state index in [0.29, 0.717) is 5.69 Å². The van der Waals surface area contributed by atoms with E-state index in [-0.39, 0.29) is 5.82 Å². The molecule has 2 rings (SSSR count). The van der Waals surface area contributed by atoms with E-state index < -0.39 is 0 Å². The second kappa shape index (κ2) is 5.22. The van der Waals surface area contributed by atoms with Crippen LogP contribution in [-0.2, 0) is 12.8 Å². The number of aryl methyl sites for hydroxylation is 2. The fraction of sp³-hybridized carbons (Fsp3) is 0.143. The molecule has 0 unspecified atom stereocenters. The van der Waals surface area contributed by atoms with E-state index in [4.69, 9.17) is 5.26 Å². The van der Waals surface area contributed by atoms with Gasteiger partial charge in [-0.25, -0.2) is 9.37 Å². The molecule has 0 amide bonds. The summed E-state index contributed by atoms with van der Waals surface area (Å²) in [7, 11) is 0. The van der Waals surface area contributed by atoms with Gasteiger partial charge in [0.15, 0.2) is 0 Å². The Kier molecular flexibility index (Phi) is 3.46. The lowest BCUT2D eigenvalue weighted by atomic mass is 10.0. The van der Waals surface area contributed by atoms with Gasteiger partial charge in [-0.15, -0.1) is 0 Å². The van der Waals surface area contributed by atoms with Crippen LogP contribution in [-0.4, -0.2) is 4.98 Å². The summed E-state index contributed by atoms with van der Waals surface area (Å²) in [5.41, 5.74) is 2.45. The van der Waals surface area contributed by atoms with E-state index >= 15 is 0 Å². The monoisotopic (exact) mass is 226 g/mol. The number of pyridine rings is 1. The third-order valence-corrected chi connectivity index (χ3v) is 2.59. The SMILES string of the molecule is N#Cc1ncccc1CCc1ccc(F)cc1. The lowest BCUT2D eigenvalue weighted by Crippen LogP contribution is -1.96. The zero-order valence-electron chi connectivity index (χ0n) is 9.23. The van der Waals surface area contributed by atoms with Gasteiger partial charge in [0.1, 0.15) is 17.6 Å². The van der Waals surface area contributed by atoms with E-state index in [2.05, 4.69) is 11.1 Å². The standard InChI is InChI=1S/C14H11FN2/c15-13-7-4-11(5-8-13)3-6-12-2-1-9-17-14(12)10-16/h1-2,4-5,7-9H,3,6H2. The van der Waals surface area contributed by atoms with Crippen LogP contribution in [0.3, 0.4) is 0 Å². The van der Waals surface area contributed by atoms with E-state index in [9.17, 15) is 4.39 Å². The molecule has 1 aromatic carbocycles. The summed E-state index contributed by atoms with van der Waals surface area (Å²) in [4.78, 5) is 4.00. The zero-order chi connectivity index (χ0) is 12.1. The average Bonchev–Trinajstić information content (AvgIpc) is 2.38. The Morgan fingerprint density at radius 2 is 1.88 bits per heavy atom. The van der Waals surface area contributed by atoms with E-state index in [1.807, 2.05) is 12.1 Å². The molecule has 2 aromatic rings. The number of halogens is 1. The number of benzene rings is 1. The summed E-state index contributed by atoms with van der Waals surface area (Å²) < 4.78 is 12.7. The molecule has 0 spiro atoms. The molecule has 0 saturated heterocycles. The van der Waals surface area contributed by atoms with Crippen molar-refractivity contribution in [3.63, 3.8) is 0 Å². The molecular formula is C14H11FN2. The predicted molar refractivity (Wildman–Crippen MR) is 62.8 cm³/mol. The number of aromatic nitrogens is 1. The van der Waals surface area contributed by atoms with E-state index in [1.54, 1.807) is 18.3 Å². The van der Waals surface area contributed by atoms with Crippen molar-refractivity contribution in [1.29, 1.82) is 5.26 Å². The Labute approximate surface area is 99.4 Å². The molecule has 1 aromatic heterocycles. The molecule has 0 bridgehead atoms. The third kappa shape index (κ3) is 2.88. The van der Waals surface area contributed by atoms with Gasteiger partial charge in [-0.1, -0.05) is 18.2 Å². The van der Waals surface area contributed by atoms with Crippen LogP contribution in [0.25, 0.3) is 0 Å².